The minimum atomic E-state index is -3.68. The minimum Gasteiger partial charge on any atom is -0.506 e. The van der Waals surface area contributed by atoms with Crippen LogP contribution in [0.2, 0.25) is 0 Å². The maximum Gasteiger partial charge on any atom is 0.271 e. The summed E-state index contributed by atoms with van der Waals surface area (Å²) >= 11 is 0. The highest BCUT2D eigenvalue weighted by atomic mass is 32.2. The van der Waals surface area contributed by atoms with E-state index in [1.165, 1.54) is 28.7 Å². The van der Waals surface area contributed by atoms with Crippen LogP contribution in [0, 0.1) is 0 Å². The molecule has 1 aliphatic rings. The predicted molar refractivity (Wildman–Crippen MR) is 121 cm³/mol. The topological polar surface area (TPSA) is 134 Å². The number of fused-ring (bicyclic) bond motifs is 1. The maximum atomic E-state index is 13.2. The second-order valence-electron chi connectivity index (χ2n) is 7.19. The summed E-state index contributed by atoms with van der Waals surface area (Å²) in [5, 5.41) is 14.7. The van der Waals surface area contributed by atoms with Gasteiger partial charge in [0.2, 0.25) is 10.0 Å². The molecular formula is C22H22N4O5S. The molecule has 9 nitrogen and oxygen atoms in total. The van der Waals surface area contributed by atoms with Crippen LogP contribution >= 0.6 is 0 Å². The summed E-state index contributed by atoms with van der Waals surface area (Å²) in [5.74, 6) is -0.604. The largest absolute Gasteiger partial charge is 0.506 e. The van der Waals surface area contributed by atoms with Gasteiger partial charge >= 0.3 is 0 Å². The zero-order chi connectivity index (χ0) is 22.7. The van der Waals surface area contributed by atoms with Crippen LogP contribution < -0.4 is 11.2 Å². The van der Waals surface area contributed by atoms with Crippen molar-refractivity contribution in [1.29, 1.82) is 0 Å². The Balaban J connectivity index is 1.61. The van der Waals surface area contributed by atoms with E-state index in [2.05, 4.69) is 10.5 Å². The van der Waals surface area contributed by atoms with Gasteiger partial charge in [-0.1, -0.05) is 30.3 Å². The molecule has 10 heteroatoms. The molecule has 3 aromatic rings. The lowest BCUT2D eigenvalue weighted by molar-refractivity contribution is 0.0730. The number of phenolic OH excluding ortho intramolecular Hbond substituents is 1. The summed E-state index contributed by atoms with van der Waals surface area (Å²) in [5.41, 5.74) is 9.00. The van der Waals surface area contributed by atoms with Crippen LogP contribution in [-0.4, -0.2) is 56.3 Å². The number of nitrogens with two attached hydrogens (primary N) is 1. The number of anilines is 1. The lowest BCUT2D eigenvalue weighted by Gasteiger charge is -2.26. The van der Waals surface area contributed by atoms with Crippen LogP contribution in [0.5, 0.6) is 5.75 Å². The standard InChI is InChI=1S/C22H22N4O5S/c23-19-13-15(5-7-20(19)27)22(28)25-24-14-16-6-8-21(18-4-2-1-3-17(16)18)32(29,30)26-9-11-31-12-10-26/h1-8,13-14,27H,9-12,23H2,(H,25,28)/b24-14+. The van der Waals surface area contributed by atoms with E-state index >= 15 is 0 Å². The second kappa shape index (κ2) is 8.95. The highest BCUT2D eigenvalue weighted by Gasteiger charge is 2.28. The van der Waals surface area contributed by atoms with Gasteiger partial charge in [-0.05, 0) is 29.7 Å². The molecule has 4 rings (SSSR count). The van der Waals surface area contributed by atoms with Crippen molar-refractivity contribution < 1.29 is 23.1 Å². The molecule has 1 fully saturated rings. The Labute approximate surface area is 185 Å². The first-order chi connectivity index (χ1) is 15.4. The van der Waals surface area contributed by atoms with E-state index in [9.17, 15) is 18.3 Å². The Morgan fingerprint density at radius 1 is 1.09 bits per heavy atom. The first-order valence-corrected chi connectivity index (χ1v) is 11.3. The number of carbonyl (C=O) groups excluding carboxylic acids is 1. The molecule has 3 aromatic carbocycles. The number of nitrogen functional groups attached to an aromatic ring is 1. The first kappa shape index (κ1) is 21.8. The van der Waals surface area contributed by atoms with E-state index in [1.54, 1.807) is 30.3 Å². The SMILES string of the molecule is Nc1cc(C(=O)N/N=C/c2ccc(S(=O)(=O)N3CCOCC3)c3ccccc23)ccc1O. The van der Waals surface area contributed by atoms with Crippen LogP contribution in [0.4, 0.5) is 5.69 Å². The molecule has 1 heterocycles. The number of benzene rings is 3. The minimum absolute atomic E-state index is 0.0877. The highest BCUT2D eigenvalue weighted by molar-refractivity contribution is 7.89. The van der Waals surface area contributed by atoms with Gasteiger partial charge < -0.3 is 15.6 Å². The van der Waals surface area contributed by atoms with Crippen molar-refractivity contribution in [2.45, 2.75) is 4.90 Å². The molecule has 0 aromatic heterocycles. The van der Waals surface area contributed by atoms with E-state index in [0.717, 1.165) is 0 Å². The van der Waals surface area contributed by atoms with Crippen LogP contribution in [0.15, 0.2) is 64.6 Å². The van der Waals surface area contributed by atoms with Gasteiger partial charge in [0.15, 0.2) is 0 Å². The molecule has 0 spiro atoms. The number of nitrogens with one attached hydrogen (secondary N) is 1. The molecule has 0 atom stereocenters. The quantitative estimate of drug-likeness (QED) is 0.233. The average molecular weight is 455 g/mol. The van der Waals surface area contributed by atoms with Crippen molar-refractivity contribution in [1.82, 2.24) is 9.73 Å². The Kier molecular flexibility index (Phi) is 6.08. The van der Waals surface area contributed by atoms with E-state index in [4.69, 9.17) is 10.5 Å². The number of hydrogen-bond acceptors (Lipinski definition) is 7. The normalized spacial score (nSPS) is 15.2. The van der Waals surface area contributed by atoms with Crippen molar-refractivity contribution in [2.24, 2.45) is 5.10 Å². The third-order valence-electron chi connectivity index (χ3n) is 5.17. The summed E-state index contributed by atoms with van der Waals surface area (Å²) in [7, 11) is -3.68. The molecule has 32 heavy (non-hydrogen) atoms. The smallest absolute Gasteiger partial charge is 0.271 e. The van der Waals surface area contributed by atoms with E-state index in [0.29, 0.717) is 42.6 Å². The number of hydrazone groups is 1. The van der Waals surface area contributed by atoms with Gasteiger partial charge in [0.25, 0.3) is 5.91 Å². The molecule has 0 aliphatic carbocycles. The fourth-order valence-electron chi connectivity index (χ4n) is 3.48. The third kappa shape index (κ3) is 4.28. The van der Waals surface area contributed by atoms with Crippen molar-refractivity contribution >= 4 is 38.6 Å². The number of carbonyl (C=O) groups is 1. The summed E-state index contributed by atoms with van der Waals surface area (Å²) < 4.78 is 33.0. The molecule has 1 amide bonds. The Morgan fingerprint density at radius 3 is 2.53 bits per heavy atom. The van der Waals surface area contributed by atoms with E-state index in [-0.39, 0.29) is 21.9 Å². The molecule has 0 unspecified atom stereocenters. The Hall–Kier alpha value is -3.47. The predicted octanol–water partition coefficient (Wildman–Crippen LogP) is 1.91. The van der Waals surface area contributed by atoms with Crippen molar-refractivity contribution in [3.63, 3.8) is 0 Å². The van der Waals surface area contributed by atoms with Gasteiger partial charge in [0.05, 0.1) is 30.0 Å². The number of nitrogens with zero attached hydrogens (tertiary/aromatic N) is 2. The molecule has 1 aliphatic heterocycles. The molecule has 0 saturated carbocycles. The van der Waals surface area contributed by atoms with E-state index in [1.807, 2.05) is 6.07 Å². The number of hydrogen-bond donors (Lipinski definition) is 3. The number of ether oxygens (including phenoxy) is 1. The average Bonchev–Trinajstić information content (AvgIpc) is 2.81. The monoisotopic (exact) mass is 454 g/mol. The molecular weight excluding hydrogens is 432 g/mol. The van der Waals surface area contributed by atoms with Gasteiger partial charge in [-0.3, -0.25) is 4.79 Å². The number of aromatic hydroxyl groups is 1. The number of rotatable bonds is 5. The number of sulfonamides is 1. The molecule has 4 N–H and O–H groups in total. The van der Waals surface area contributed by atoms with Crippen LogP contribution in [-0.2, 0) is 14.8 Å². The van der Waals surface area contributed by atoms with Crippen LogP contribution in [0.25, 0.3) is 10.8 Å². The van der Waals surface area contributed by atoms with Gasteiger partial charge in [-0.25, -0.2) is 13.8 Å². The summed E-state index contributed by atoms with van der Waals surface area (Å²) in [6.45, 7) is 1.36. The van der Waals surface area contributed by atoms with Gasteiger partial charge in [0, 0.05) is 29.6 Å². The summed E-state index contributed by atoms with van der Waals surface area (Å²) in [6.07, 6.45) is 1.45. The Bertz CT molecular complexity index is 1300. The number of phenols is 1. The highest BCUT2D eigenvalue weighted by Crippen LogP contribution is 2.28. The van der Waals surface area contributed by atoms with Crippen molar-refractivity contribution in [2.75, 3.05) is 32.0 Å². The molecule has 166 valence electrons. The van der Waals surface area contributed by atoms with Gasteiger partial charge in [0.1, 0.15) is 5.75 Å². The van der Waals surface area contributed by atoms with E-state index < -0.39 is 15.9 Å². The summed E-state index contributed by atoms with van der Waals surface area (Å²) in [6, 6.07) is 14.4. The van der Waals surface area contributed by atoms with Gasteiger partial charge in [-0.15, -0.1) is 0 Å². The fourth-order valence-corrected chi connectivity index (χ4v) is 5.08. The Morgan fingerprint density at radius 2 is 1.81 bits per heavy atom. The molecule has 1 saturated heterocycles. The maximum absolute atomic E-state index is 13.2. The third-order valence-corrected chi connectivity index (χ3v) is 7.12. The van der Waals surface area contributed by atoms with Crippen molar-refractivity contribution in [3.8, 4) is 5.75 Å². The second-order valence-corrected chi connectivity index (χ2v) is 9.09. The first-order valence-electron chi connectivity index (χ1n) is 9.89. The van der Waals surface area contributed by atoms with Crippen molar-refractivity contribution in [3.05, 3.63) is 65.7 Å². The van der Waals surface area contributed by atoms with Gasteiger partial charge in [-0.2, -0.15) is 9.41 Å². The zero-order valence-corrected chi connectivity index (χ0v) is 17.9. The number of amides is 1. The lowest BCUT2D eigenvalue weighted by Crippen LogP contribution is -2.40. The fraction of sp³-hybridized carbons (Fsp3) is 0.182. The lowest BCUT2D eigenvalue weighted by atomic mass is 10.1. The molecule has 0 bridgehead atoms. The zero-order valence-electron chi connectivity index (χ0n) is 17.1. The number of morpholine rings is 1. The van der Waals surface area contributed by atoms with Crippen LogP contribution in [0.1, 0.15) is 15.9 Å². The molecule has 0 radical (unpaired) electrons. The van der Waals surface area contributed by atoms with Crippen LogP contribution in [0.3, 0.4) is 0 Å². The summed E-state index contributed by atoms with van der Waals surface area (Å²) in [4.78, 5) is 12.5.